The fraction of sp³-hybridized carbons (Fsp3) is 0.261. The lowest BCUT2D eigenvalue weighted by molar-refractivity contribution is 0.0543. The summed E-state index contributed by atoms with van der Waals surface area (Å²) in [4.78, 5) is 9.60. The van der Waals surface area contributed by atoms with Crippen molar-refractivity contribution in [1.29, 1.82) is 5.26 Å². The van der Waals surface area contributed by atoms with Crippen molar-refractivity contribution in [2.45, 2.75) is 18.3 Å². The number of benzene rings is 1. The molecule has 156 valence electrons. The Morgan fingerprint density at radius 3 is 2.77 bits per heavy atom. The van der Waals surface area contributed by atoms with Crippen LogP contribution in [0.5, 0.6) is 0 Å². The molecule has 0 radical (unpaired) electrons. The first-order chi connectivity index (χ1) is 15.2. The number of imidazole rings is 1. The van der Waals surface area contributed by atoms with E-state index in [2.05, 4.69) is 33.9 Å². The van der Waals surface area contributed by atoms with Crippen molar-refractivity contribution in [2.24, 2.45) is 0 Å². The first-order valence-corrected chi connectivity index (χ1v) is 11.4. The molecule has 0 bridgehead atoms. The number of pyridine rings is 1. The highest BCUT2D eigenvalue weighted by Crippen LogP contribution is 2.38. The fourth-order valence-electron chi connectivity index (χ4n) is 3.99. The molecule has 8 heteroatoms. The quantitative estimate of drug-likeness (QED) is 0.456. The molecule has 1 aliphatic heterocycles. The highest BCUT2D eigenvalue weighted by molar-refractivity contribution is 7.10. The van der Waals surface area contributed by atoms with E-state index in [1.165, 1.54) is 0 Å². The topological polar surface area (TPSA) is 75.2 Å². The minimum absolute atomic E-state index is 0.171. The molecule has 4 heterocycles. The highest BCUT2D eigenvalue weighted by atomic mass is 35.5. The van der Waals surface area contributed by atoms with Gasteiger partial charge in [-0.1, -0.05) is 41.9 Å². The minimum atomic E-state index is -0.171. The van der Waals surface area contributed by atoms with Crippen LogP contribution in [0.3, 0.4) is 0 Å². The van der Waals surface area contributed by atoms with E-state index in [9.17, 15) is 5.26 Å². The highest BCUT2D eigenvalue weighted by Gasteiger charge is 2.37. The van der Waals surface area contributed by atoms with Crippen molar-refractivity contribution in [3.8, 4) is 17.3 Å². The zero-order valence-electron chi connectivity index (χ0n) is 16.7. The summed E-state index contributed by atoms with van der Waals surface area (Å²) < 4.78 is 7.41. The Morgan fingerprint density at radius 1 is 1.19 bits per heavy atom. The third kappa shape index (κ3) is 3.79. The molecule has 4 aromatic rings. The second-order valence-electron chi connectivity index (χ2n) is 7.64. The van der Waals surface area contributed by atoms with Crippen molar-refractivity contribution >= 4 is 34.4 Å². The maximum Gasteiger partial charge on any atom is 0.168 e. The van der Waals surface area contributed by atoms with Gasteiger partial charge in [-0.05, 0) is 18.9 Å². The predicted molar refractivity (Wildman–Crippen MR) is 123 cm³/mol. The molecule has 0 unspecified atom stereocenters. The van der Waals surface area contributed by atoms with Gasteiger partial charge in [0, 0.05) is 53.4 Å². The van der Waals surface area contributed by atoms with Crippen molar-refractivity contribution in [2.75, 3.05) is 25.1 Å². The summed E-state index contributed by atoms with van der Waals surface area (Å²) in [7, 11) is 0. The molecule has 5 rings (SSSR count). The van der Waals surface area contributed by atoms with Crippen LogP contribution in [0.25, 0.3) is 16.9 Å². The van der Waals surface area contributed by atoms with Gasteiger partial charge in [0.15, 0.2) is 11.5 Å². The Labute approximate surface area is 189 Å². The zero-order valence-corrected chi connectivity index (χ0v) is 18.3. The number of fused-ring (bicyclic) bond motifs is 1. The predicted octanol–water partition coefficient (Wildman–Crippen LogP) is 5.14. The second-order valence-corrected chi connectivity index (χ2v) is 8.94. The number of hydrogen-bond donors (Lipinski definition) is 1. The number of ether oxygens (including phenoxy) is 1. The van der Waals surface area contributed by atoms with E-state index in [4.69, 9.17) is 21.3 Å². The molecule has 0 saturated carbocycles. The van der Waals surface area contributed by atoms with E-state index in [0.717, 1.165) is 29.1 Å². The normalized spacial score (nSPS) is 15.6. The third-order valence-corrected chi connectivity index (χ3v) is 7.09. The molecule has 6 nitrogen and oxygen atoms in total. The Kier molecular flexibility index (Phi) is 5.36. The average Bonchev–Trinajstić information content (AvgIpc) is 3.44. The van der Waals surface area contributed by atoms with Gasteiger partial charge in [0.05, 0.1) is 5.69 Å². The standard InChI is InChI=1S/C23H20ClN5OS/c24-17-6-9-29-19(13-25)21(28-20(29)12-17)26-15-23(7-10-30-11-8-23)22-27-18(14-31-22)16-4-2-1-3-5-16/h1-6,9,12,14,26H,7-8,10-11,15H2. The number of thiazole rings is 1. The molecule has 1 aliphatic rings. The average molecular weight is 450 g/mol. The monoisotopic (exact) mass is 449 g/mol. The van der Waals surface area contributed by atoms with E-state index < -0.39 is 0 Å². The van der Waals surface area contributed by atoms with E-state index >= 15 is 0 Å². The van der Waals surface area contributed by atoms with Crippen LogP contribution in [0, 0.1) is 11.3 Å². The SMILES string of the molecule is N#Cc1c(NCC2(c3nc(-c4ccccc4)cs3)CCOCC2)nc2cc(Cl)ccn12. The summed E-state index contributed by atoms with van der Waals surface area (Å²) in [5, 5.41) is 17.0. The molecule has 0 amide bonds. The molecule has 0 atom stereocenters. The van der Waals surface area contributed by atoms with Crippen LogP contribution in [-0.2, 0) is 10.2 Å². The second kappa shape index (κ2) is 8.31. The van der Waals surface area contributed by atoms with Crippen LogP contribution in [0.4, 0.5) is 5.82 Å². The molecule has 3 aromatic heterocycles. The fourth-order valence-corrected chi connectivity index (χ4v) is 5.23. The van der Waals surface area contributed by atoms with Gasteiger partial charge in [0.25, 0.3) is 0 Å². The van der Waals surface area contributed by atoms with E-state index in [0.29, 0.717) is 41.9 Å². The number of rotatable bonds is 5. The summed E-state index contributed by atoms with van der Waals surface area (Å²) in [6, 6.07) is 16.0. The Morgan fingerprint density at radius 2 is 2.00 bits per heavy atom. The molecule has 0 aliphatic carbocycles. The van der Waals surface area contributed by atoms with Crippen molar-refractivity contribution in [3.05, 3.63) is 69.8 Å². The van der Waals surface area contributed by atoms with Gasteiger partial charge >= 0.3 is 0 Å². The van der Waals surface area contributed by atoms with Crippen LogP contribution in [0.2, 0.25) is 5.02 Å². The first kappa shape index (κ1) is 20.0. The number of nitrogens with zero attached hydrogens (tertiary/aromatic N) is 4. The molecule has 31 heavy (non-hydrogen) atoms. The Hall–Kier alpha value is -2.92. The Balaban J connectivity index is 1.46. The largest absolute Gasteiger partial charge is 0.381 e. The molecule has 0 spiro atoms. The lowest BCUT2D eigenvalue weighted by atomic mass is 9.80. The van der Waals surface area contributed by atoms with Crippen molar-refractivity contribution in [3.63, 3.8) is 0 Å². The van der Waals surface area contributed by atoms with E-state index in [1.54, 1.807) is 34.1 Å². The van der Waals surface area contributed by atoms with Crippen LogP contribution in [0.15, 0.2) is 54.0 Å². The van der Waals surface area contributed by atoms with Crippen LogP contribution in [0.1, 0.15) is 23.5 Å². The minimum Gasteiger partial charge on any atom is -0.381 e. The van der Waals surface area contributed by atoms with Gasteiger partial charge in [-0.15, -0.1) is 11.3 Å². The molecular weight excluding hydrogens is 430 g/mol. The van der Waals surface area contributed by atoms with Gasteiger partial charge < -0.3 is 10.1 Å². The van der Waals surface area contributed by atoms with Crippen LogP contribution < -0.4 is 5.32 Å². The number of anilines is 1. The number of halogens is 1. The lowest BCUT2D eigenvalue weighted by Gasteiger charge is -2.35. The van der Waals surface area contributed by atoms with E-state index in [1.807, 2.05) is 18.2 Å². The van der Waals surface area contributed by atoms with Crippen molar-refractivity contribution in [1.82, 2.24) is 14.4 Å². The third-order valence-electron chi connectivity index (χ3n) is 5.77. The van der Waals surface area contributed by atoms with Crippen molar-refractivity contribution < 1.29 is 4.74 Å². The van der Waals surface area contributed by atoms with Crippen LogP contribution >= 0.6 is 22.9 Å². The summed E-state index contributed by atoms with van der Waals surface area (Å²) >= 11 is 7.79. The van der Waals surface area contributed by atoms with Gasteiger partial charge in [-0.25, -0.2) is 9.97 Å². The summed E-state index contributed by atoms with van der Waals surface area (Å²) in [6.45, 7) is 2.01. The summed E-state index contributed by atoms with van der Waals surface area (Å²) in [5.74, 6) is 0.565. The number of nitrogens with one attached hydrogen (secondary N) is 1. The Bertz CT molecular complexity index is 1250. The van der Waals surface area contributed by atoms with Crippen LogP contribution in [-0.4, -0.2) is 34.1 Å². The zero-order chi connectivity index (χ0) is 21.3. The van der Waals surface area contributed by atoms with Gasteiger partial charge in [0.2, 0.25) is 0 Å². The van der Waals surface area contributed by atoms with Gasteiger partial charge in [-0.3, -0.25) is 4.40 Å². The number of hydrogen-bond acceptors (Lipinski definition) is 6. The van der Waals surface area contributed by atoms with E-state index in [-0.39, 0.29) is 5.41 Å². The van der Waals surface area contributed by atoms with Gasteiger partial charge in [-0.2, -0.15) is 5.26 Å². The molecular formula is C23H20ClN5OS. The maximum atomic E-state index is 9.71. The number of aromatic nitrogens is 3. The number of nitriles is 1. The maximum absolute atomic E-state index is 9.71. The molecule has 1 fully saturated rings. The summed E-state index contributed by atoms with van der Waals surface area (Å²) in [6.07, 6.45) is 3.50. The molecule has 1 N–H and O–H groups in total. The smallest absolute Gasteiger partial charge is 0.168 e. The van der Waals surface area contributed by atoms with Gasteiger partial charge in [0.1, 0.15) is 16.7 Å². The first-order valence-electron chi connectivity index (χ1n) is 10.1. The lowest BCUT2D eigenvalue weighted by Crippen LogP contribution is -2.40. The molecule has 1 aromatic carbocycles. The summed E-state index contributed by atoms with van der Waals surface area (Å²) in [5.41, 5.74) is 3.05. The molecule has 1 saturated heterocycles.